The number of sulfone groups is 1. The molecule has 36 heavy (non-hydrogen) atoms. The van der Waals surface area contributed by atoms with Crippen molar-refractivity contribution in [2.24, 2.45) is 0 Å². The van der Waals surface area contributed by atoms with E-state index in [1.807, 2.05) is 37.3 Å². The molecule has 0 aliphatic carbocycles. The molecule has 0 spiro atoms. The minimum atomic E-state index is -2.95. The Kier molecular flexibility index (Phi) is 7.95. The lowest BCUT2D eigenvalue weighted by Crippen LogP contribution is -2.30. The van der Waals surface area contributed by atoms with E-state index in [1.165, 1.54) is 0 Å². The molecular formula is C26H31N3O6S. The number of methoxy groups -OCH3 is 2. The van der Waals surface area contributed by atoms with E-state index in [2.05, 4.69) is 15.3 Å². The SMILES string of the molecule is COc1ccc([C@@H](C)NC/C(C=O)=C/c2c[nH]c3ncc(OC4CCS(=O)(=O)CC4)cc23)cc1OC. The third kappa shape index (κ3) is 6.06. The summed E-state index contributed by atoms with van der Waals surface area (Å²) in [6, 6.07) is 7.56. The summed E-state index contributed by atoms with van der Waals surface area (Å²) in [4.78, 5) is 19.4. The fraction of sp³-hybridized carbons (Fsp3) is 0.385. The standard InChI is InChI=1S/C26H31N3O6S/c1-17(19-4-5-24(33-2)25(11-19)34-3)27-13-18(16-30)10-20-14-28-26-23(20)12-22(15-29-26)35-21-6-8-36(31,32)9-7-21/h4-5,10-12,14-17,21,27H,6-9,13H2,1-3H3,(H,28,29)/b18-10-/t17-/m1/s1. The summed E-state index contributed by atoms with van der Waals surface area (Å²) in [5.74, 6) is 2.17. The third-order valence-electron chi connectivity index (χ3n) is 6.35. The minimum Gasteiger partial charge on any atom is -0.493 e. The van der Waals surface area contributed by atoms with Gasteiger partial charge in [-0.15, -0.1) is 0 Å². The lowest BCUT2D eigenvalue weighted by atomic mass is 10.1. The molecule has 3 aromatic rings. The van der Waals surface area contributed by atoms with Crippen LogP contribution < -0.4 is 19.5 Å². The number of H-pyrrole nitrogens is 1. The Bertz CT molecular complexity index is 1350. The highest BCUT2D eigenvalue weighted by molar-refractivity contribution is 7.91. The molecule has 2 aromatic heterocycles. The van der Waals surface area contributed by atoms with Gasteiger partial charge in [-0.1, -0.05) is 6.07 Å². The molecule has 0 saturated carbocycles. The van der Waals surface area contributed by atoms with Crippen molar-refractivity contribution >= 4 is 33.2 Å². The van der Waals surface area contributed by atoms with Crippen molar-refractivity contribution in [3.63, 3.8) is 0 Å². The second-order valence-corrected chi connectivity index (χ2v) is 11.1. The van der Waals surface area contributed by atoms with Crippen LogP contribution in [0.2, 0.25) is 0 Å². The highest BCUT2D eigenvalue weighted by atomic mass is 32.2. The number of nitrogens with zero attached hydrogens (tertiary/aromatic N) is 1. The largest absolute Gasteiger partial charge is 0.493 e. The van der Waals surface area contributed by atoms with Gasteiger partial charge in [0.05, 0.1) is 31.9 Å². The van der Waals surface area contributed by atoms with E-state index in [-0.39, 0.29) is 23.7 Å². The van der Waals surface area contributed by atoms with Crippen LogP contribution in [0.1, 0.15) is 36.9 Å². The maximum atomic E-state index is 11.8. The highest BCUT2D eigenvalue weighted by Gasteiger charge is 2.25. The number of aromatic amines is 1. The van der Waals surface area contributed by atoms with E-state index in [4.69, 9.17) is 14.2 Å². The molecular weight excluding hydrogens is 482 g/mol. The Hall–Kier alpha value is -3.37. The van der Waals surface area contributed by atoms with Crippen LogP contribution in [0.25, 0.3) is 17.1 Å². The predicted octanol–water partition coefficient (Wildman–Crippen LogP) is 3.47. The topological polar surface area (TPSA) is 120 Å². The van der Waals surface area contributed by atoms with Crippen LogP contribution in [0.3, 0.4) is 0 Å². The van der Waals surface area contributed by atoms with Crippen molar-refractivity contribution in [2.75, 3.05) is 32.3 Å². The molecule has 1 aliphatic rings. The average molecular weight is 514 g/mol. The van der Waals surface area contributed by atoms with Crippen molar-refractivity contribution in [2.45, 2.75) is 31.9 Å². The van der Waals surface area contributed by atoms with Crippen LogP contribution in [0.15, 0.2) is 42.2 Å². The maximum Gasteiger partial charge on any atom is 0.161 e. The number of pyridine rings is 1. The lowest BCUT2D eigenvalue weighted by molar-refractivity contribution is -0.104. The van der Waals surface area contributed by atoms with Crippen LogP contribution in [0.4, 0.5) is 0 Å². The van der Waals surface area contributed by atoms with Crippen LogP contribution in [-0.2, 0) is 14.6 Å². The van der Waals surface area contributed by atoms with E-state index < -0.39 is 9.84 Å². The minimum absolute atomic E-state index is 0.0305. The van der Waals surface area contributed by atoms with Gasteiger partial charge >= 0.3 is 0 Å². The molecule has 1 aromatic carbocycles. The first-order valence-electron chi connectivity index (χ1n) is 11.8. The first kappa shape index (κ1) is 25.7. The van der Waals surface area contributed by atoms with Gasteiger partial charge in [0, 0.05) is 35.3 Å². The predicted molar refractivity (Wildman–Crippen MR) is 138 cm³/mol. The van der Waals surface area contributed by atoms with E-state index in [9.17, 15) is 13.2 Å². The summed E-state index contributed by atoms with van der Waals surface area (Å²) < 4.78 is 40.0. The summed E-state index contributed by atoms with van der Waals surface area (Å²) >= 11 is 0. The number of benzene rings is 1. The molecule has 0 amide bonds. The molecule has 10 heteroatoms. The number of carbonyl (C=O) groups is 1. The van der Waals surface area contributed by atoms with E-state index in [0.29, 0.717) is 47.9 Å². The molecule has 0 radical (unpaired) electrons. The van der Waals surface area contributed by atoms with Crippen LogP contribution in [0, 0.1) is 0 Å². The third-order valence-corrected chi connectivity index (χ3v) is 8.07. The van der Waals surface area contributed by atoms with Crippen LogP contribution >= 0.6 is 0 Å². The zero-order valence-electron chi connectivity index (χ0n) is 20.6. The van der Waals surface area contributed by atoms with Gasteiger partial charge < -0.3 is 24.5 Å². The number of fused-ring (bicyclic) bond motifs is 1. The Morgan fingerprint density at radius 1 is 1.19 bits per heavy atom. The van der Waals surface area contributed by atoms with Crippen molar-refractivity contribution in [3.8, 4) is 17.2 Å². The van der Waals surface area contributed by atoms with Gasteiger partial charge in [0.2, 0.25) is 0 Å². The van der Waals surface area contributed by atoms with Gasteiger partial charge in [-0.2, -0.15) is 0 Å². The fourth-order valence-corrected chi connectivity index (χ4v) is 5.65. The Balaban J connectivity index is 1.46. The van der Waals surface area contributed by atoms with Gasteiger partial charge in [0.25, 0.3) is 0 Å². The molecule has 192 valence electrons. The van der Waals surface area contributed by atoms with E-state index in [1.54, 1.807) is 26.6 Å². The maximum absolute atomic E-state index is 11.8. The molecule has 4 rings (SSSR count). The normalized spacial score (nSPS) is 17.0. The highest BCUT2D eigenvalue weighted by Crippen LogP contribution is 2.30. The zero-order valence-corrected chi connectivity index (χ0v) is 21.4. The van der Waals surface area contributed by atoms with Crippen molar-refractivity contribution in [1.82, 2.24) is 15.3 Å². The first-order chi connectivity index (χ1) is 17.3. The Morgan fingerprint density at radius 3 is 2.64 bits per heavy atom. The zero-order chi connectivity index (χ0) is 25.7. The van der Waals surface area contributed by atoms with E-state index >= 15 is 0 Å². The molecule has 1 atom stereocenters. The van der Waals surface area contributed by atoms with Gasteiger partial charge in [-0.05, 0) is 49.6 Å². The van der Waals surface area contributed by atoms with Gasteiger partial charge in [-0.25, -0.2) is 13.4 Å². The molecule has 1 saturated heterocycles. The average Bonchev–Trinajstić information content (AvgIpc) is 3.28. The quantitative estimate of drug-likeness (QED) is 0.312. The van der Waals surface area contributed by atoms with Crippen molar-refractivity contribution < 1.29 is 27.4 Å². The van der Waals surface area contributed by atoms with E-state index in [0.717, 1.165) is 22.8 Å². The summed E-state index contributed by atoms with van der Waals surface area (Å²) in [7, 11) is 0.239. The molecule has 3 heterocycles. The van der Waals surface area contributed by atoms with Gasteiger partial charge in [0.15, 0.2) is 21.3 Å². The number of carbonyl (C=O) groups excluding carboxylic acids is 1. The fourth-order valence-electron chi connectivity index (χ4n) is 4.20. The molecule has 2 N–H and O–H groups in total. The second-order valence-electron chi connectivity index (χ2n) is 8.83. The molecule has 0 bridgehead atoms. The Labute approximate surface area is 210 Å². The number of aldehydes is 1. The van der Waals surface area contributed by atoms with Crippen molar-refractivity contribution in [1.29, 1.82) is 0 Å². The summed E-state index contributed by atoms with van der Waals surface area (Å²) in [5.41, 5.74) is 3.08. The van der Waals surface area contributed by atoms with Crippen molar-refractivity contribution in [3.05, 3.63) is 53.4 Å². The number of nitrogens with one attached hydrogen (secondary N) is 2. The summed E-state index contributed by atoms with van der Waals surface area (Å²) in [6.07, 6.45) is 6.87. The smallest absolute Gasteiger partial charge is 0.161 e. The lowest BCUT2D eigenvalue weighted by Gasteiger charge is -2.23. The monoisotopic (exact) mass is 513 g/mol. The summed E-state index contributed by atoms with van der Waals surface area (Å²) in [6.45, 7) is 2.38. The number of aromatic nitrogens is 2. The molecule has 1 aliphatic heterocycles. The number of hydrogen-bond donors (Lipinski definition) is 2. The Morgan fingerprint density at radius 2 is 1.94 bits per heavy atom. The summed E-state index contributed by atoms with van der Waals surface area (Å²) in [5, 5.41) is 4.20. The molecule has 0 unspecified atom stereocenters. The first-order valence-corrected chi connectivity index (χ1v) is 13.6. The van der Waals surface area contributed by atoms with Crippen LogP contribution in [0.5, 0.6) is 17.2 Å². The second kappa shape index (κ2) is 11.1. The van der Waals surface area contributed by atoms with Crippen LogP contribution in [-0.4, -0.2) is 63.0 Å². The number of rotatable bonds is 10. The number of ether oxygens (including phenoxy) is 3. The van der Waals surface area contributed by atoms with Gasteiger partial charge in [0.1, 0.15) is 23.8 Å². The number of hydrogen-bond acceptors (Lipinski definition) is 8. The molecule has 9 nitrogen and oxygen atoms in total. The molecule has 1 fully saturated rings. The van der Waals surface area contributed by atoms with Gasteiger partial charge in [-0.3, -0.25) is 4.79 Å².